The van der Waals surface area contributed by atoms with Crippen LogP contribution < -0.4 is 10.6 Å². The molecule has 0 atom stereocenters. The predicted octanol–water partition coefficient (Wildman–Crippen LogP) is 3.58. The highest BCUT2D eigenvalue weighted by Crippen LogP contribution is 2.19. The summed E-state index contributed by atoms with van der Waals surface area (Å²) in [6, 6.07) is 9.09. The lowest BCUT2D eigenvalue weighted by Crippen LogP contribution is -2.27. The molecule has 15 nitrogen and oxygen atoms in total. The number of amides is 2. The van der Waals surface area contributed by atoms with Gasteiger partial charge in [0.2, 0.25) is 0 Å². The van der Waals surface area contributed by atoms with Crippen molar-refractivity contribution in [2.45, 2.75) is 66.5 Å². The van der Waals surface area contributed by atoms with Gasteiger partial charge in [0.05, 0.1) is 48.7 Å². The molecule has 292 valence electrons. The van der Waals surface area contributed by atoms with Gasteiger partial charge in [0.15, 0.2) is 25.3 Å². The minimum absolute atomic E-state index is 0.0383. The van der Waals surface area contributed by atoms with Crippen LogP contribution in [0, 0.1) is 0 Å². The van der Waals surface area contributed by atoms with Gasteiger partial charge in [0.25, 0.3) is 11.8 Å². The standard InChI is InChI=1S/C27H36N2O9Si2.2C4H10O2/c1-3-37-39-13-5-11-28-24(31)19-9-7-17(15-21(19)26(33)34)23(30)18-8-10-20(22(16-18)27(35)36)25(32)29-12-6-14-40-38-4-2;2*1-3-5-6-4-2/h7-10,15-16H,3-6,11-14,39-40H2,1-2H3,(H,28,31)(H,29,32)(H,33,34)(H,35,36);2*3-4H2,1-2H3. The van der Waals surface area contributed by atoms with E-state index in [1.54, 1.807) is 0 Å². The first-order valence-corrected chi connectivity index (χ1v) is 20.7. The summed E-state index contributed by atoms with van der Waals surface area (Å²) in [4.78, 5) is 80.0. The number of carbonyl (C=O) groups is 5. The highest BCUT2D eigenvalue weighted by atomic mass is 28.2. The number of carboxylic acids is 2. The molecular formula is C35H56N2O13Si2. The topological polar surface area (TPSA) is 205 Å². The maximum atomic E-state index is 13.1. The summed E-state index contributed by atoms with van der Waals surface area (Å²) >= 11 is 0. The van der Waals surface area contributed by atoms with Gasteiger partial charge in [-0.3, -0.25) is 14.4 Å². The van der Waals surface area contributed by atoms with E-state index in [1.165, 1.54) is 24.3 Å². The van der Waals surface area contributed by atoms with Gasteiger partial charge in [-0.15, -0.1) is 0 Å². The van der Waals surface area contributed by atoms with Crippen molar-refractivity contribution in [2.24, 2.45) is 0 Å². The van der Waals surface area contributed by atoms with Crippen molar-refractivity contribution in [2.75, 3.05) is 52.7 Å². The lowest BCUT2D eigenvalue weighted by molar-refractivity contribution is -0.287. The van der Waals surface area contributed by atoms with Gasteiger partial charge in [0.1, 0.15) is 0 Å². The summed E-state index contributed by atoms with van der Waals surface area (Å²) < 4.78 is 10.8. The van der Waals surface area contributed by atoms with E-state index in [2.05, 4.69) is 30.2 Å². The molecule has 0 aliphatic carbocycles. The van der Waals surface area contributed by atoms with E-state index in [-0.39, 0.29) is 33.4 Å². The fourth-order valence-electron chi connectivity index (χ4n) is 4.16. The van der Waals surface area contributed by atoms with E-state index >= 15 is 0 Å². The molecule has 2 aromatic rings. The zero-order valence-corrected chi connectivity index (χ0v) is 34.1. The molecule has 17 heteroatoms. The summed E-state index contributed by atoms with van der Waals surface area (Å²) in [5, 5.41) is 24.7. The Hall–Kier alpha value is -3.82. The van der Waals surface area contributed by atoms with Crippen LogP contribution in [0.3, 0.4) is 0 Å². The smallest absolute Gasteiger partial charge is 0.336 e. The molecule has 0 aromatic heterocycles. The first kappa shape index (κ1) is 48.2. The molecule has 0 spiro atoms. The van der Waals surface area contributed by atoms with Crippen LogP contribution in [0.5, 0.6) is 0 Å². The van der Waals surface area contributed by atoms with E-state index in [1.807, 2.05) is 41.5 Å². The first-order valence-electron chi connectivity index (χ1n) is 17.5. The van der Waals surface area contributed by atoms with E-state index < -0.39 is 49.1 Å². The number of benzene rings is 2. The zero-order valence-electron chi connectivity index (χ0n) is 31.2. The summed E-state index contributed by atoms with van der Waals surface area (Å²) in [5.74, 6) is -4.56. The lowest BCUT2D eigenvalue weighted by Gasteiger charge is -2.11. The fourth-order valence-corrected chi connectivity index (χ4v) is 6.06. The van der Waals surface area contributed by atoms with Crippen LogP contribution in [0.25, 0.3) is 0 Å². The average Bonchev–Trinajstić information content (AvgIpc) is 3.15. The van der Waals surface area contributed by atoms with E-state index in [0.29, 0.717) is 65.6 Å². The molecule has 0 unspecified atom stereocenters. The average molecular weight is 769 g/mol. The molecule has 0 bridgehead atoms. The minimum Gasteiger partial charge on any atom is -0.478 e. The Balaban J connectivity index is 0.00000185. The summed E-state index contributed by atoms with van der Waals surface area (Å²) in [6.07, 6.45) is 1.43. The van der Waals surface area contributed by atoms with Crippen LogP contribution in [-0.2, 0) is 28.4 Å². The molecule has 2 aromatic carbocycles. The number of nitrogens with one attached hydrogen (secondary N) is 2. The van der Waals surface area contributed by atoms with Gasteiger partial charge < -0.3 is 29.7 Å². The van der Waals surface area contributed by atoms with Gasteiger partial charge in [-0.2, -0.15) is 0 Å². The molecule has 0 aliphatic rings. The van der Waals surface area contributed by atoms with Crippen LogP contribution in [-0.4, -0.2) is 112 Å². The molecule has 52 heavy (non-hydrogen) atoms. The van der Waals surface area contributed by atoms with Gasteiger partial charge >= 0.3 is 11.9 Å². The van der Waals surface area contributed by atoms with Crippen molar-refractivity contribution >= 4 is 49.1 Å². The monoisotopic (exact) mass is 768 g/mol. The number of hydrogen-bond donors (Lipinski definition) is 4. The van der Waals surface area contributed by atoms with Crippen LogP contribution in [0.4, 0.5) is 0 Å². The minimum atomic E-state index is -1.38. The van der Waals surface area contributed by atoms with Crippen molar-refractivity contribution in [1.82, 2.24) is 10.6 Å². The molecule has 0 aliphatic heterocycles. The second-order valence-electron chi connectivity index (χ2n) is 10.4. The van der Waals surface area contributed by atoms with Crippen molar-refractivity contribution in [3.63, 3.8) is 0 Å². The summed E-state index contributed by atoms with van der Waals surface area (Å²) in [7, 11) is -1.25. The normalized spacial score (nSPS) is 10.7. The molecule has 2 amide bonds. The molecule has 0 saturated carbocycles. The number of carboxylic acid groups (broad SMARTS) is 2. The predicted molar refractivity (Wildman–Crippen MR) is 201 cm³/mol. The second kappa shape index (κ2) is 30.8. The van der Waals surface area contributed by atoms with Crippen molar-refractivity contribution in [3.8, 4) is 0 Å². The maximum absolute atomic E-state index is 13.1. The number of carbonyl (C=O) groups excluding carboxylic acids is 3. The van der Waals surface area contributed by atoms with Gasteiger partial charge in [-0.25, -0.2) is 29.1 Å². The quantitative estimate of drug-likeness (QED) is 0.0397. The highest BCUT2D eigenvalue weighted by molar-refractivity contribution is 6.27. The lowest BCUT2D eigenvalue weighted by atomic mass is 9.95. The SMILES string of the molecule is CCOOCC.CCOOCC.CCO[SiH2]CCCNC(=O)c1ccc(C(=O)c2ccc(C(=O)NCCC[SiH2]OCC)c(C(=O)O)c2)cc1C(=O)O. The van der Waals surface area contributed by atoms with E-state index in [9.17, 15) is 34.2 Å². The third kappa shape index (κ3) is 20.3. The molecule has 0 saturated heterocycles. The third-order valence-corrected chi connectivity index (χ3v) is 9.53. The van der Waals surface area contributed by atoms with E-state index in [4.69, 9.17) is 8.85 Å². The summed E-state index contributed by atoms with van der Waals surface area (Å²) in [5.41, 5.74) is -0.961. The number of rotatable bonds is 24. The number of hydrogen-bond acceptors (Lipinski definition) is 11. The zero-order chi connectivity index (χ0) is 39.1. The Morgan fingerprint density at radius 1 is 0.538 bits per heavy atom. The largest absolute Gasteiger partial charge is 0.478 e. The maximum Gasteiger partial charge on any atom is 0.336 e. The number of ketones is 1. The summed E-state index contributed by atoms with van der Waals surface area (Å²) in [6.45, 7) is 16.0. The van der Waals surface area contributed by atoms with Crippen molar-refractivity contribution in [3.05, 3.63) is 69.8 Å². The second-order valence-corrected chi connectivity index (χ2v) is 13.5. The van der Waals surface area contributed by atoms with Crippen LogP contribution in [0.2, 0.25) is 12.1 Å². The Morgan fingerprint density at radius 3 is 1.17 bits per heavy atom. The Labute approximate surface area is 310 Å². The molecule has 0 heterocycles. The fraction of sp³-hybridized carbons (Fsp3) is 0.514. The third-order valence-electron chi connectivity index (χ3n) is 6.56. The molecule has 2 rings (SSSR count). The number of aromatic carboxylic acids is 2. The Morgan fingerprint density at radius 2 is 0.885 bits per heavy atom. The molecular weight excluding hydrogens is 713 g/mol. The van der Waals surface area contributed by atoms with Crippen LogP contribution in [0.1, 0.15) is 112 Å². The molecule has 0 radical (unpaired) electrons. The van der Waals surface area contributed by atoms with Crippen LogP contribution >= 0.6 is 0 Å². The van der Waals surface area contributed by atoms with Gasteiger partial charge in [0, 0.05) is 37.4 Å². The highest BCUT2D eigenvalue weighted by Gasteiger charge is 2.22. The van der Waals surface area contributed by atoms with Gasteiger partial charge in [-0.1, -0.05) is 12.1 Å². The molecule has 0 fully saturated rings. The van der Waals surface area contributed by atoms with Crippen molar-refractivity contribution in [1.29, 1.82) is 0 Å². The van der Waals surface area contributed by atoms with E-state index in [0.717, 1.165) is 24.2 Å². The first-order chi connectivity index (χ1) is 25.0. The van der Waals surface area contributed by atoms with Crippen molar-refractivity contribution < 1.29 is 62.6 Å². The Bertz CT molecular complexity index is 1250. The Kier molecular flexibility index (Phi) is 28.5. The van der Waals surface area contributed by atoms with Gasteiger partial charge in [-0.05, 0) is 90.7 Å². The van der Waals surface area contributed by atoms with Crippen LogP contribution in [0.15, 0.2) is 36.4 Å². The molecule has 4 N–H and O–H groups in total.